The number of carbonyl (C=O) groups excluding carboxylic acids is 1. The molecule has 0 bridgehead atoms. The van der Waals surface area contributed by atoms with Crippen molar-refractivity contribution < 1.29 is 14.6 Å². The number of ether oxygens (including phenoxy) is 1. The number of aliphatic hydroxyl groups excluding tert-OH is 1. The number of benzene rings is 1. The van der Waals surface area contributed by atoms with Gasteiger partial charge >= 0.3 is 0 Å². The number of rotatable bonds is 2. The van der Waals surface area contributed by atoms with Gasteiger partial charge in [-0.05, 0) is 31.2 Å². The third kappa shape index (κ3) is 1.47. The minimum atomic E-state index is -0.855. The average Bonchev–Trinajstić information content (AvgIpc) is 2.30. The van der Waals surface area contributed by atoms with E-state index >= 15 is 0 Å². The summed E-state index contributed by atoms with van der Waals surface area (Å²) in [6.07, 6.45) is -0.855. The fourth-order valence-corrected chi connectivity index (χ4v) is 1.71. The highest BCUT2D eigenvalue weighted by Gasteiger charge is 2.43. The number of amides is 1. The molecule has 1 N–H and O–H groups in total. The molecule has 15 heavy (non-hydrogen) atoms. The lowest BCUT2D eigenvalue weighted by Crippen LogP contribution is -2.63. The number of methoxy groups -OCH3 is 1. The first-order valence-corrected chi connectivity index (χ1v) is 4.80. The summed E-state index contributed by atoms with van der Waals surface area (Å²) in [5.41, 5.74) is 0.790. The lowest BCUT2D eigenvalue weighted by atomic mass is 9.99. The number of hydrogen-bond acceptors (Lipinski definition) is 3. The highest BCUT2D eigenvalue weighted by atomic mass is 16.5. The molecule has 0 aliphatic carbocycles. The van der Waals surface area contributed by atoms with E-state index in [0.717, 1.165) is 11.4 Å². The summed E-state index contributed by atoms with van der Waals surface area (Å²) in [5, 5.41) is 9.30. The van der Waals surface area contributed by atoms with E-state index in [1.165, 1.54) is 0 Å². The summed E-state index contributed by atoms with van der Waals surface area (Å²) in [7, 11) is 1.59. The minimum absolute atomic E-state index is 0.147. The van der Waals surface area contributed by atoms with E-state index in [1.54, 1.807) is 36.3 Å². The van der Waals surface area contributed by atoms with Gasteiger partial charge in [-0.25, -0.2) is 0 Å². The standard InChI is InChI=1S/C11H13NO3/c1-7-10(13)11(14)12(7)8-3-5-9(15-2)6-4-8/h3-7,10,13H,1-2H3/t7-,10+/m0/s1. The van der Waals surface area contributed by atoms with Gasteiger partial charge in [-0.15, -0.1) is 0 Å². The Labute approximate surface area is 88.1 Å². The second-order valence-electron chi connectivity index (χ2n) is 3.59. The Morgan fingerprint density at radius 1 is 1.33 bits per heavy atom. The molecule has 2 rings (SSSR count). The molecule has 1 aliphatic heterocycles. The Hall–Kier alpha value is -1.55. The topological polar surface area (TPSA) is 49.8 Å². The molecule has 2 atom stereocenters. The fraction of sp³-hybridized carbons (Fsp3) is 0.364. The number of nitrogens with zero attached hydrogens (tertiary/aromatic N) is 1. The lowest BCUT2D eigenvalue weighted by Gasteiger charge is -2.42. The zero-order valence-electron chi connectivity index (χ0n) is 8.68. The van der Waals surface area contributed by atoms with Crippen LogP contribution in [0.4, 0.5) is 5.69 Å². The fourth-order valence-electron chi connectivity index (χ4n) is 1.71. The van der Waals surface area contributed by atoms with Gasteiger partial charge < -0.3 is 14.7 Å². The van der Waals surface area contributed by atoms with Gasteiger partial charge in [0, 0.05) is 5.69 Å². The van der Waals surface area contributed by atoms with Crippen LogP contribution in [0.25, 0.3) is 0 Å². The Morgan fingerprint density at radius 3 is 2.40 bits per heavy atom. The van der Waals surface area contributed by atoms with E-state index in [2.05, 4.69) is 0 Å². The van der Waals surface area contributed by atoms with Gasteiger partial charge in [0.05, 0.1) is 13.2 Å². The molecule has 4 nitrogen and oxygen atoms in total. The van der Waals surface area contributed by atoms with Gasteiger partial charge in [0.15, 0.2) is 6.10 Å². The third-order valence-corrected chi connectivity index (χ3v) is 2.71. The number of hydrogen-bond donors (Lipinski definition) is 1. The van der Waals surface area contributed by atoms with E-state index in [-0.39, 0.29) is 11.9 Å². The van der Waals surface area contributed by atoms with Crippen molar-refractivity contribution in [2.75, 3.05) is 12.0 Å². The van der Waals surface area contributed by atoms with Crippen molar-refractivity contribution in [3.63, 3.8) is 0 Å². The maximum atomic E-state index is 11.4. The zero-order chi connectivity index (χ0) is 11.0. The van der Waals surface area contributed by atoms with Gasteiger partial charge in [0.2, 0.25) is 0 Å². The number of anilines is 1. The molecule has 80 valence electrons. The molecule has 1 heterocycles. The molecule has 1 saturated heterocycles. The minimum Gasteiger partial charge on any atom is -0.497 e. The van der Waals surface area contributed by atoms with Crippen LogP contribution in [0.15, 0.2) is 24.3 Å². The molecular formula is C11H13NO3. The summed E-state index contributed by atoms with van der Waals surface area (Å²) >= 11 is 0. The highest BCUT2D eigenvalue weighted by Crippen LogP contribution is 2.29. The maximum Gasteiger partial charge on any atom is 0.258 e. The quantitative estimate of drug-likeness (QED) is 0.729. The molecule has 0 spiro atoms. The first kappa shape index (κ1) is 9.98. The van der Waals surface area contributed by atoms with Crippen LogP contribution in [-0.2, 0) is 4.79 Å². The van der Waals surface area contributed by atoms with Crippen molar-refractivity contribution in [3.8, 4) is 5.75 Å². The Bertz CT molecular complexity index is 374. The molecular weight excluding hydrogens is 194 g/mol. The summed E-state index contributed by atoms with van der Waals surface area (Å²) < 4.78 is 5.02. The lowest BCUT2D eigenvalue weighted by molar-refractivity contribution is -0.136. The smallest absolute Gasteiger partial charge is 0.258 e. The molecule has 0 unspecified atom stereocenters. The van der Waals surface area contributed by atoms with Gasteiger partial charge in [-0.3, -0.25) is 4.79 Å². The predicted octanol–water partition coefficient (Wildman–Crippen LogP) is 0.791. The predicted molar refractivity (Wildman–Crippen MR) is 55.9 cm³/mol. The Balaban J connectivity index is 2.20. The third-order valence-electron chi connectivity index (χ3n) is 2.71. The zero-order valence-corrected chi connectivity index (χ0v) is 8.68. The van der Waals surface area contributed by atoms with Gasteiger partial charge in [-0.1, -0.05) is 0 Å². The summed E-state index contributed by atoms with van der Waals surface area (Å²) in [4.78, 5) is 12.9. The summed E-state index contributed by atoms with van der Waals surface area (Å²) in [5.74, 6) is 0.507. The van der Waals surface area contributed by atoms with Crippen LogP contribution in [0, 0.1) is 0 Å². The number of β-lactam (4-membered cyclic amide) rings is 1. The monoisotopic (exact) mass is 207 g/mol. The molecule has 0 aromatic heterocycles. The molecule has 1 amide bonds. The Kier molecular flexibility index (Phi) is 2.36. The van der Waals surface area contributed by atoms with Crippen LogP contribution in [0.3, 0.4) is 0 Å². The van der Waals surface area contributed by atoms with Crippen LogP contribution < -0.4 is 9.64 Å². The first-order chi connectivity index (χ1) is 7.15. The van der Waals surface area contributed by atoms with E-state index in [9.17, 15) is 9.90 Å². The number of aliphatic hydroxyl groups is 1. The van der Waals surface area contributed by atoms with Crippen LogP contribution >= 0.6 is 0 Å². The first-order valence-electron chi connectivity index (χ1n) is 4.80. The second-order valence-corrected chi connectivity index (χ2v) is 3.59. The summed E-state index contributed by atoms with van der Waals surface area (Å²) in [6.45, 7) is 1.82. The maximum absolute atomic E-state index is 11.4. The van der Waals surface area contributed by atoms with Crippen LogP contribution in [-0.4, -0.2) is 30.3 Å². The van der Waals surface area contributed by atoms with E-state index in [0.29, 0.717) is 0 Å². The number of carbonyl (C=O) groups is 1. The van der Waals surface area contributed by atoms with Gasteiger partial charge in [-0.2, -0.15) is 0 Å². The van der Waals surface area contributed by atoms with Crippen molar-refractivity contribution >= 4 is 11.6 Å². The Morgan fingerprint density at radius 2 is 1.93 bits per heavy atom. The van der Waals surface area contributed by atoms with E-state index < -0.39 is 6.10 Å². The molecule has 4 heteroatoms. The normalized spacial score (nSPS) is 25.0. The average molecular weight is 207 g/mol. The highest BCUT2D eigenvalue weighted by molar-refractivity contribution is 6.04. The van der Waals surface area contributed by atoms with Crippen LogP contribution in [0.2, 0.25) is 0 Å². The van der Waals surface area contributed by atoms with E-state index in [1.807, 2.05) is 6.92 Å². The molecule has 0 radical (unpaired) electrons. The molecule has 1 fully saturated rings. The molecule has 0 saturated carbocycles. The van der Waals surface area contributed by atoms with Crippen LogP contribution in [0.5, 0.6) is 5.75 Å². The van der Waals surface area contributed by atoms with Crippen molar-refractivity contribution in [1.82, 2.24) is 0 Å². The molecule has 1 aliphatic rings. The van der Waals surface area contributed by atoms with Crippen molar-refractivity contribution in [3.05, 3.63) is 24.3 Å². The second kappa shape index (κ2) is 3.55. The van der Waals surface area contributed by atoms with Crippen molar-refractivity contribution in [2.24, 2.45) is 0 Å². The van der Waals surface area contributed by atoms with Gasteiger partial charge in [0.1, 0.15) is 5.75 Å². The van der Waals surface area contributed by atoms with Crippen molar-refractivity contribution in [1.29, 1.82) is 0 Å². The van der Waals surface area contributed by atoms with Crippen LogP contribution in [0.1, 0.15) is 6.92 Å². The summed E-state index contributed by atoms with van der Waals surface area (Å²) in [6, 6.07) is 7.05. The molecule has 1 aromatic carbocycles. The SMILES string of the molecule is COc1ccc(N2C(=O)[C@H](O)[C@@H]2C)cc1. The van der Waals surface area contributed by atoms with Crippen molar-refractivity contribution in [2.45, 2.75) is 19.1 Å². The van der Waals surface area contributed by atoms with E-state index in [4.69, 9.17) is 4.74 Å². The van der Waals surface area contributed by atoms with Gasteiger partial charge in [0.25, 0.3) is 5.91 Å². The largest absolute Gasteiger partial charge is 0.497 e. The molecule has 1 aromatic rings.